The van der Waals surface area contributed by atoms with Crippen LogP contribution in [0.2, 0.25) is 0 Å². The van der Waals surface area contributed by atoms with Crippen LogP contribution < -0.4 is 5.32 Å². The zero-order valence-electron chi connectivity index (χ0n) is 12.3. The van der Waals surface area contributed by atoms with E-state index in [1.165, 1.54) is 4.88 Å². The second-order valence-electron chi connectivity index (χ2n) is 4.72. The molecule has 0 radical (unpaired) electrons. The SMILES string of the molecule is CCCNCc1sc(C(C)(CC)OCC)nc1C. The van der Waals surface area contributed by atoms with Crippen molar-refractivity contribution in [1.29, 1.82) is 0 Å². The van der Waals surface area contributed by atoms with Crippen molar-refractivity contribution in [3.8, 4) is 0 Å². The van der Waals surface area contributed by atoms with E-state index < -0.39 is 0 Å². The van der Waals surface area contributed by atoms with E-state index in [2.05, 4.69) is 33.0 Å². The van der Waals surface area contributed by atoms with E-state index in [-0.39, 0.29) is 5.60 Å². The number of thiazole rings is 1. The maximum absolute atomic E-state index is 5.89. The third-order valence-electron chi connectivity index (χ3n) is 3.19. The van der Waals surface area contributed by atoms with Crippen molar-refractivity contribution in [3.05, 3.63) is 15.6 Å². The molecule has 0 aliphatic rings. The minimum Gasteiger partial charge on any atom is -0.368 e. The molecule has 4 heteroatoms. The van der Waals surface area contributed by atoms with Gasteiger partial charge >= 0.3 is 0 Å². The predicted octanol–water partition coefficient (Wildman–Crippen LogP) is 3.61. The molecule has 0 spiro atoms. The molecule has 0 aromatic carbocycles. The van der Waals surface area contributed by atoms with Crippen molar-refractivity contribution in [2.24, 2.45) is 0 Å². The van der Waals surface area contributed by atoms with Gasteiger partial charge in [0.1, 0.15) is 10.6 Å². The molecule has 0 saturated carbocycles. The van der Waals surface area contributed by atoms with Crippen LogP contribution in [0.5, 0.6) is 0 Å². The molecule has 0 fully saturated rings. The third kappa shape index (κ3) is 3.77. The number of aromatic nitrogens is 1. The normalized spacial score (nSPS) is 14.7. The first kappa shape index (κ1) is 15.6. The number of hydrogen-bond donors (Lipinski definition) is 1. The van der Waals surface area contributed by atoms with Crippen molar-refractivity contribution >= 4 is 11.3 Å². The summed E-state index contributed by atoms with van der Waals surface area (Å²) in [6, 6.07) is 0. The molecule has 1 atom stereocenters. The molecule has 1 N–H and O–H groups in total. The molecule has 0 aliphatic heterocycles. The van der Waals surface area contributed by atoms with E-state index >= 15 is 0 Å². The lowest BCUT2D eigenvalue weighted by Gasteiger charge is -2.25. The highest BCUT2D eigenvalue weighted by Gasteiger charge is 2.29. The van der Waals surface area contributed by atoms with Crippen molar-refractivity contribution in [1.82, 2.24) is 10.3 Å². The van der Waals surface area contributed by atoms with Gasteiger partial charge in [0, 0.05) is 18.0 Å². The Balaban J connectivity index is 2.81. The fraction of sp³-hybridized carbons (Fsp3) is 0.786. The zero-order chi connectivity index (χ0) is 13.6. The lowest BCUT2D eigenvalue weighted by molar-refractivity contribution is -0.0325. The second kappa shape index (κ2) is 7.22. The quantitative estimate of drug-likeness (QED) is 0.733. The lowest BCUT2D eigenvalue weighted by Crippen LogP contribution is -2.24. The Morgan fingerprint density at radius 1 is 1.33 bits per heavy atom. The monoisotopic (exact) mass is 270 g/mol. The van der Waals surface area contributed by atoms with Crippen LogP contribution in [0.4, 0.5) is 0 Å². The molecule has 0 bridgehead atoms. The van der Waals surface area contributed by atoms with Crippen molar-refractivity contribution in [3.63, 3.8) is 0 Å². The predicted molar refractivity (Wildman–Crippen MR) is 78.1 cm³/mol. The van der Waals surface area contributed by atoms with Gasteiger partial charge in [-0.2, -0.15) is 0 Å². The van der Waals surface area contributed by atoms with Crippen LogP contribution in [0.25, 0.3) is 0 Å². The van der Waals surface area contributed by atoms with Crippen LogP contribution in [0, 0.1) is 6.92 Å². The highest BCUT2D eigenvalue weighted by Crippen LogP contribution is 2.33. The minimum atomic E-state index is -0.229. The van der Waals surface area contributed by atoms with Gasteiger partial charge in [-0.3, -0.25) is 0 Å². The van der Waals surface area contributed by atoms with Crippen LogP contribution in [0.15, 0.2) is 0 Å². The van der Waals surface area contributed by atoms with Gasteiger partial charge in [0.25, 0.3) is 0 Å². The van der Waals surface area contributed by atoms with E-state index in [1.54, 1.807) is 11.3 Å². The Morgan fingerprint density at radius 3 is 2.61 bits per heavy atom. The second-order valence-corrected chi connectivity index (χ2v) is 5.81. The summed E-state index contributed by atoms with van der Waals surface area (Å²) >= 11 is 1.78. The summed E-state index contributed by atoms with van der Waals surface area (Å²) < 4.78 is 5.89. The van der Waals surface area contributed by atoms with Gasteiger partial charge in [-0.15, -0.1) is 11.3 Å². The molecule has 0 amide bonds. The summed E-state index contributed by atoms with van der Waals surface area (Å²) in [5.41, 5.74) is 0.908. The summed E-state index contributed by atoms with van der Waals surface area (Å²) in [5, 5.41) is 4.55. The molecule has 1 rings (SSSR count). The van der Waals surface area contributed by atoms with Gasteiger partial charge < -0.3 is 10.1 Å². The Bertz CT molecular complexity index is 365. The smallest absolute Gasteiger partial charge is 0.125 e. The molecule has 1 aromatic rings. The van der Waals surface area contributed by atoms with Crippen LogP contribution in [-0.4, -0.2) is 18.1 Å². The molecular formula is C14H26N2OS. The molecule has 18 heavy (non-hydrogen) atoms. The Morgan fingerprint density at radius 2 is 2.06 bits per heavy atom. The van der Waals surface area contributed by atoms with Gasteiger partial charge in [0.15, 0.2) is 0 Å². The van der Waals surface area contributed by atoms with Crippen LogP contribution in [0.1, 0.15) is 56.1 Å². The van der Waals surface area contributed by atoms with E-state index in [0.29, 0.717) is 0 Å². The summed E-state index contributed by atoms with van der Waals surface area (Å²) in [6.45, 7) is 13.3. The standard InChI is InChI=1S/C14H26N2OS/c1-6-9-15-10-12-11(4)16-13(18-12)14(5,7-2)17-8-3/h15H,6-10H2,1-5H3. The van der Waals surface area contributed by atoms with Crippen LogP contribution >= 0.6 is 11.3 Å². The maximum atomic E-state index is 5.89. The fourth-order valence-corrected chi connectivity index (χ4v) is 3.03. The van der Waals surface area contributed by atoms with Gasteiger partial charge in [-0.1, -0.05) is 13.8 Å². The molecule has 0 saturated heterocycles. The molecule has 104 valence electrons. The van der Waals surface area contributed by atoms with E-state index in [1.807, 2.05) is 6.92 Å². The number of rotatable bonds is 8. The van der Waals surface area contributed by atoms with E-state index in [4.69, 9.17) is 9.72 Å². The largest absolute Gasteiger partial charge is 0.368 e. The topological polar surface area (TPSA) is 34.1 Å². The summed E-state index contributed by atoms with van der Waals surface area (Å²) in [7, 11) is 0. The lowest BCUT2D eigenvalue weighted by atomic mass is 10.0. The maximum Gasteiger partial charge on any atom is 0.125 e. The molecular weight excluding hydrogens is 244 g/mol. The molecule has 3 nitrogen and oxygen atoms in total. The van der Waals surface area contributed by atoms with Crippen molar-refractivity contribution in [2.45, 2.75) is 59.6 Å². The average molecular weight is 270 g/mol. The van der Waals surface area contributed by atoms with Gasteiger partial charge in [-0.05, 0) is 40.2 Å². The van der Waals surface area contributed by atoms with Crippen LogP contribution in [0.3, 0.4) is 0 Å². The van der Waals surface area contributed by atoms with Gasteiger partial charge in [0.05, 0.1) is 5.69 Å². The van der Waals surface area contributed by atoms with Gasteiger partial charge in [0.2, 0.25) is 0 Å². The van der Waals surface area contributed by atoms with E-state index in [0.717, 1.165) is 43.2 Å². The molecule has 1 unspecified atom stereocenters. The minimum absolute atomic E-state index is 0.229. The Labute approximate surface area is 115 Å². The third-order valence-corrected chi connectivity index (χ3v) is 4.60. The Kier molecular flexibility index (Phi) is 6.26. The molecule has 0 aliphatic carbocycles. The van der Waals surface area contributed by atoms with Crippen molar-refractivity contribution in [2.75, 3.05) is 13.2 Å². The van der Waals surface area contributed by atoms with Crippen molar-refractivity contribution < 1.29 is 4.74 Å². The summed E-state index contributed by atoms with van der Waals surface area (Å²) in [5.74, 6) is 0. The number of nitrogens with zero attached hydrogens (tertiary/aromatic N) is 1. The number of nitrogens with one attached hydrogen (secondary N) is 1. The number of hydrogen-bond acceptors (Lipinski definition) is 4. The summed E-state index contributed by atoms with van der Waals surface area (Å²) in [4.78, 5) is 6.04. The Hall–Kier alpha value is -0.450. The van der Waals surface area contributed by atoms with Gasteiger partial charge in [-0.25, -0.2) is 4.98 Å². The zero-order valence-corrected chi connectivity index (χ0v) is 13.1. The number of aryl methyl sites for hydroxylation is 1. The first-order valence-electron chi connectivity index (χ1n) is 6.88. The van der Waals surface area contributed by atoms with E-state index in [9.17, 15) is 0 Å². The molecule has 1 aromatic heterocycles. The summed E-state index contributed by atoms with van der Waals surface area (Å²) in [6.07, 6.45) is 2.12. The highest BCUT2D eigenvalue weighted by atomic mass is 32.1. The van der Waals surface area contributed by atoms with Crippen LogP contribution in [-0.2, 0) is 16.9 Å². The first-order valence-corrected chi connectivity index (χ1v) is 7.70. The average Bonchev–Trinajstić information content (AvgIpc) is 2.72. The fourth-order valence-electron chi connectivity index (χ4n) is 1.83. The molecule has 1 heterocycles. The highest BCUT2D eigenvalue weighted by molar-refractivity contribution is 7.11. The number of ether oxygens (including phenoxy) is 1. The first-order chi connectivity index (χ1) is 8.57.